The molecule has 0 heterocycles. The summed E-state index contributed by atoms with van der Waals surface area (Å²) in [4.78, 5) is 24.2. The molecule has 5 heteroatoms. The van der Waals surface area contributed by atoms with E-state index in [1.165, 1.54) is 7.11 Å². The predicted molar refractivity (Wildman–Crippen MR) is 62.0 cm³/mol. The van der Waals surface area contributed by atoms with Gasteiger partial charge in [0.2, 0.25) is 5.91 Å². The molecule has 0 atom stereocenters. The summed E-state index contributed by atoms with van der Waals surface area (Å²) < 4.78 is 4.52. The summed E-state index contributed by atoms with van der Waals surface area (Å²) in [6.07, 6.45) is 0.301. The van der Waals surface area contributed by atoms with Gasteiger partial charge in [-0.2, -0.15) is 0 Å². The summed E-state index contributed by atoms with van der Waals surface area (Å²) in [6, 6.07) is 0. The van der Waals surface area contributed by atoms with Gasteiger partial charge in [-0.15, -0.1) is 0 Å². The molecule has 0 bridgehead atoms. The van der Waals surface area contributed by atoms with Crippen LogP contribution in [0, 0.1) is 0 Å². The van der Waals surface area contributed by atoms with Gasteiger partial charge in [0, 0.05) is 12.1 Å². The monoisotopic (exact) mass is 230 g/mol. The van der Waals surface area contributed by atoms with E-state index in [0.717, 1.165) is 0 Å². The molecular weight excluding hydrogens is 208 g/mol. The molecule has 0 radical (unpaired) electrons. The molecule has 0 aliphatic heterocycles. The van der Waals surface area contributed by atoms with E-state index >= 15 is 0 Å². The molecule has 0 aliphatic carbocycles. The summed E-state index contributed by atoms with van der Waals surface area (Å²) in [5.74, 6) is -0.303. The smallest absolute Gasteiger partial charge is 0.306 e. The van der Waals surface area contributed by atoms with Crippen molar-refractivity contribution in [3.8, 4) is 0 Å². The van der Waals surface area contributed by atoms with Crippen molar-refractivity contribution in [1.29, 1.82) is 0 Å². The number of nitrogens with one attached hydrogen (secondary N) is 1. The standard InChI is InChI=1S/C11H22N2O3/c1-11(2,3)12-9(14)8-13(4)7-6-10(15)16-5/h6-8H2,1-5H3,(H,12,14). The highest BCUT2D eigenvalue weighted by Crippen LogP contribution is 1.98. The molecule has 1 N–H and O–H groups in total. The molecule has 5 nitrogen and oxygen atoms in total. The fraction of sp³-hybridized carbons (Fsp3) is 0.818. The van der Waals surface area contributed by atoms with E-state index < -0.39 is 0 Å². The van der Waals surface area contributed by atoms with Crippen molar-refractivity contribution in [2.75, 3.05) is 27.2 Å². The number of nitrogens with zero attached hydrogens (tertiary/aromatic N) is 1. The Morgan fingerprint density at radius 2 is 1.88 bits per heavy atom. The lowest BCUT2D eigenvalue weighted by Crippen LogP contribution is -2.45. The number of methoxy groups -OCH3 is 1. The molecule has 16 heavy (non-hydrogen) atoms. The average Bonchev–Trinajstić information content (AvgIpc) is 2.10. The third-order valence-corrected chi connectivity index (χ3v) is 1.85. The number of hydrogen-bond acceptors (Lipinski definition) is 4. The molecule has 0 rings (SSSR count). The summed E-state index contributed by atoms with van der Waals surface area (Å²) in [5.41, 5.74) is -0.222. The van der Waals surface area contributed by atoms with Gasteiger partial charge in [0.15, 0.2) is 0 Å². The third-order valence-electron chi connectivity index (χ3n) is 1.85. The van der Waals surface area contributed by atoms with Crippen LogP contribution in [0.15, 0.2) is 0 Å². The summed E-state index contributed by atoms with van der Waals surface area (Å²) in [5, 5.41) is 2.85. The second-order valence-electron chi connectivity index (χ2n) is 4.86. The number of carbonyl (C=O) groups excluding carboxylic acids is 2. The van der Waals surface area contributed by atoms with Gasteiger partial charge >= 0.3 is 5.97 Å². The highest BCUT2D eigenvalue weighted by atomic mass is 16.5. The van der Waals surface area contributed by atoms with Crippen molar-refractivity contribution in [1.82, 2.24) is 10.2 Å². The third kappa shape index (κ3) is 8.23. The van der Waals surface area contributed by atoms with Gasteiger partial charge < -0.3 is 10.1 Å². The maximum Gasteiger partial charge on any atom is 0.306 e. The van der Waals surface area contributed by atoms with E-state index in [2.05, 4.69) is 10.1 Å². The first kappa shape index (κ1) is 14.9. The molecule has 0 fully saturated rings. The zero-order chi connectivity index (χ0) is 12.8. The predicted octanol–water partition coefficient (Wildman–Crippen LogP) is 0.396. The van der Waals surface area contributed by atoms with Gasteiger partial charge in [0.1, 0.15) is 0 Å². The van der Waals surface area contributed by atoms with Crippen molar-refractivity contribution >= 4 is 11.9 Å². The SMILES string of the molecule is COC(=O)CCN(C)CC(=O)NC(C)(C)C. The maximum atomic E-state index is 11.5. The molecule has 94 valence electrons. The van der Waals surface area contributed by atoms with Crippen molar-refractivity contribution in [3.05, 3.63) is 0 Å². The number of hydrogen-bond donors (Lipinski definition) is 1. The van der Waals surface area contributed by atoms with E-state index in [4.69, 9.17) is 0 Å². The van der Waals surface area contributed by atoms with Crippen LogP contribution in [0.3, 0.4) is 0 Å². The Balaban J connectivity index is 3.83. The van der Waals surface area contributed by atoms with Gasteiger partial charge in [-0.3, -0.25) is 14.5 Å². The molecule has 0 aliphatic rings. The molecular formula is C11H22N2O3. The highest BCUT2D eigenvalue weighted by Gasteiger charge is 2.15. The topological polar surface area (TPSA) is 58.6 Å². The molecule has 0 aromatic carbocycles. The Morgan fingerprint density at radius 3 is 2.31 bits per heavy atom. The quantitative estimate of drug-likeness (QED) is 0.694. The van der Waals surface area contributed by atoms with Crippen LogP contribution in [0.2, 0.25) is 0 Å². The summed E-state index contributed by atoms with van der Waals surface area (Å²) >= 11 is 0. The first-order valence-corrected chi connectivity index (χ1v) is 5.31. The van der Waals surface area contributed by atoms with Gasteiger partial charge in [-0.05, 0) is 27.8 Å². The van der Waals surface area contributed by atoms with Crippen molar-refractivity contribution in [2.24, 2.45) is 0 Å². The van der Waals surface area contributed by atoms with Crippen LogP contribution >= 0.6 is 0 Å². The van der Waals surface area contributed by atoms with Gasteiger partial charge in [-0.25, -0.2) is 0 Å². The lowest BCUT2D eigenvalue weighted by Gasteiger charge is -2.23. The van der Waals surface area contributed by atoms with Gasteiger partial charge in [0.25, 0.3) is 0 Å². The second-order valence-corrected chi connectivity index (χ2v) is 4.86. The van der Waals surface area contributed by atoms with Crippen molar-refractivity contribution in [2.45, 2.75) is 32.7 Å². The summed E-state index contributed by atoms with van der Waals surface area (Å²) in [6.45, 7) is 6.59. The molecule has 0 unspecified atom stereocenters. The normalized spacial score (nSPS) is 11.4. The van der Waals surface area contributed by atoms with Gasteiger partial charge in [0.05, 0.1) is 20.1 Å². The first-order valence-electron chi connectivity index (χ1n) is 5.31. The molecule has 1 amide bonds. The molecule has 0 aromatic rings. The van der Waals surface area contributed by atoms with E-state index in [0.29, 0.717) is 13.0 Å². The van der Waals surface area contributed by atoms with E-state index in [1.807, 2.05) is 20.8 Å². The van der Waals surface area contributed by atoms with Crippen LogP contribution in [0.25, 0.3) is 0 Å². The molecule has 0 saturated carbocycles. The van der Waals surface area contributed by atoms with Crippen LogP contribution in [0.4, 0.5) is 0 Å². The Morgan fingerprint density at radius 1 is 1.31 bits per heavy atom. The Hall–Kier alpha value is -1.10. The number of amides is 1. The summed E-state index contributed by atoms with van der Waals surface area (Å²) in [7, 11) is 3.15. The maximum absolute atomic E-state index is 11.5. The van der Waals surface area contributed by atoms with Crippen LogP contribution in [-0.2, 0) is 14.3 Å². The van der Waals surface area contributed by atoms with Crippen molar-refractivity contribution < 1.29 is 14.3 Å². The van der Waals surface area contributed by atoms with Crippen molar-refractivity contribution in [3.63, 3.8) is 0 Å². The minimum absolute atomic E-state index is 0.0418. The van der Waals surface area contributed by atoms with E-state index in [1.54, 1.807) is 11.9 Å². The fourth-order valence-electron chi connectivity index (χ4n) is 1.17. The lowest BCUT2D eigenvalue weighted by molar-refractivity contribution is -0.141. The number of rotatable bonds is 5. The molecule has 0 saturated heterocycles. The zero-order valence-electron chi connectivity index (χ0n) is 10.8. The largest absolute Gasteiger partial charge is 0.469 e. The highest BCUT2D eigenvalue weighted by molar-refractivity contribution is 5.78. The first-order chi connectivity index (χ1) is 7.24. The van der Waals surface area contributed by atoms with Crippen LogP contribution < -0.4 is 5.32 Å². The van der Waals surface area contributed by atoms with E-state index in [9.17, 15) is 9.59 Å². The zero-order valence-corrected chi connectivity index (χ0v) is 10.8. The molecule has 0 spiro atoms. The second kappa shape index (κ2) is 6.48. The van der Waals surface area contributed by atoms with Crippen LogP contribution in [0.5, 0.6) is 0 Å². The van der Waals surface area contributed by atoms with E-state index in [-0.39, 0.29) is 24.0 Å². The average molecular weight is 230 g/mol. The number of likely N-dealkylation sites (N-methyl/N-ethyl adjacent to an activating group) is 1. The van der Waals surface area contributed by atoms with Gasteiger partial charge in [-0.1, -0.05) is 0 Å². The van der Waals surface area contributed by atoms with Crippen LogP contribution in [0.1, 0.15) is 27.2 Å². The Labute approximate surface area is 97.1 Å². The minimum atomic E-state index is -0.261. The van der Waals surface area contributed by atoms with Crippen LogP contribution in [-0.4, -0.2) is 49.6 Å². The fourth-order valence-corrected chi connectivity index (χ4v) is 1.17. The lowest BCUT2D eigenvalue weighted by atomic mass is 10.1. The molecule has 0 aromatic heterocycles. The minimum Gasteiger partial charge on any atom is -0.469 e. The number of esters is 1. The Kier molecular flexibility index (Phi) is 6.03. The number of ether oxygens (including phenoxy) is 1. The number of carbonyl (C=O) groups is 2. The Bertz CT molecular complexity index is 246.